The van der Waals surface area contributed by atoms with E-state index in [-0.39, 0.29) is 16.4 Å². The van der Waals surface area contributed by atoms with Gasteiger partial charge in [0.05, 0.1) is 29.1 Å². The molecule has 0 aliphatic rings. The first-order chi connectivity index (χ1) is 8.93. The van der Waals surface area contributed by atoms with E-state index in [1.807, 2.05) is 0 Å². The highest BCUT2D eigenvalue weighted by molar-refractivity contribution is 6.33. The summed E-state index contributed by atoms with van der Waals surface area (Å²) in [7, 11) is 1.44. The van der Waals surface area contributed by atoms with Gasteiger partial charge in [-0.1, -0.05) is 11.6 Å². The monoisotopic (exact) mass is 280 g/mol. The van der Waals surface area contributed by atoms with Crippen LogP contribution in [0.1, 0.15) is 16.1 Å². The number of hydrogen-bond acceptors (Lipinski definition) is 5. The predicted molar refractivity (Wildman–Crippen MR) is 73.5 cm³/mol. The van der Waals surface area contributed by atoms with Gasteiger partial charge in [0, 0.05) is 12.1 Å². The molecule has 100 valence electrons. The van der Waals surface area contributed by atoms with Gasteiger partial charge in [-0.2, -0.15) is 9.78 Å². The summed E-state index contributed by atoms with van der Waals surface area (Å²) in [5.74, 6) is 0.140. The fraction of sp³-hybridized carbons (Fsp3) is 0.167. The zero-order valence-electron chi connectivity index (χ0n) is 10.5. The molecule has 1 heterocycles. The van der Waals surface area contributed by atoms with Crippen LogP contribution in [0.3, 0.4) is 0 Å². The van der Waals surface area contributed by atoms with E-state index in [0.717, 1.165) is 4.68 Å². The first-order valence-electron chi connectivity index (χ1n) is 5.44. The second kappa shape index (κ2) is 4.81. The second-order valence-corrected chi connectivity index (χ2v) is 4.41. The second-order valence-electron chi connectivity index (χ2n) is 4.00. The van der Waals surface area contributed by atoms with Crippen molar-refractivity contribution in [3.8, 4) is 5.75 Å². The number of halogens is 1. The molecule has 0 bridgehead atoms. The van der Waals surface area contributed by atoms with Crippen LogP contribution in [0, 0.1) is 6.92 Å². The Balaban J connectivity index is 2.55. The number of carbonyl (C=O) groups excluding carboxylic acids is 1. The highest BCUT2D eigenvalue weighted by Gasteiger charge is 2.19. The van der Waals surface area contributed by atoms with Gasteiger partial charge in [-0.3, -0.25) is 4.79 Å². The highest BCUT2D eigenvalue weighted by Crippen LogP contribution is 2.29. The number of nitrogens with zero attached hydrogens (tertiary/aromatic N) is 2. The lowest BCUT2D eigenvalue weighted by Gasteiger charge is -2.10. The van der Waals surface area contributed by atoms with Gasteiger partial charge in [0.1, 0.15) is 11.6 Å². The van der Waals surface area contributed by atoms with Crippen molar-refractivity contribution in [3.63, 3.8) is 0 Å². The van der Waals surface area contributed by atoms with Crippen LogP contribution >= 0.6 is 11.6 Å². The predicted octanol–water partition coefficient (Wildman–Crippen LogP) is 1.71. The van der Waals surface area contributed by atoms with Crippen molar-refractivity contribution in [3.05, 3.63) is 34.5 Å². The normalized spacial score (nSPS) is 10.5. The first-order valence-corrected chi connectivity index (χ1v) is 5.81. The van der Waals surface area contributed by atoms with E-state index in [2.05, 4.69) is 5.10 Å². The van der Waals surface area contributed by atoms with Crippen molar-refractivity contribution in [2.45, 2.75) is 6.92 Å². The number of benzene rings is 1. The Morgan fingerprint density at radius 3 is 2.58 bits per heavy atom. The van der Waals surface area contributed by atoms with Gasteiger partial charge in [-0.15, -0.1) is 0 Å². The summed E-state index contributed by atoms with van der Waals surface area (Å²) in [4.78, 5) is 12.4. The Morgan fingerprint density at radius 1 is 1.37 bits per heavy atom. The molecule has 0 saturated carbocycles. The number of aromatic nitrogens is 2. The topological polar surface area (TPSA) is 96.2 Å². The number of hydrogen-bond donors (Lipinski definition) is 2. The largest absolute Gasteiger partial charge is 0.496 e. The van der Waals surface area contributed by atoms with Crippen molar-refractivity contribution in [1.29, 1.82) is 0 Å². The number of ether oxygens (including phenoxy) is 1. The SMILES string of the molecule is COc1cc(N)c(Cl)cc1C(=O)n1nc(C)cc1N. The maximum absolute atomic E-state index is 12.4. The number of methoxy groups -OCH3 is 1. The zero-order valence-corrected chi connectivity index (χ0v) is 11.2. The van der Waals surface area contributed by atoms with Gasteiger partial charge in [0.15, 0.2) is 0 Å². The lowest BCUT2D eigenvalue weighted by molar-refractivity contribution is 0.0944. The Morgan fingerprint density at radius 2 is 2.05 bits per heavy atom. The smallest absolute Gasteiger partial charge is 0.283 e. The number of nitrogen functional groups attached to an aromatic ring is 2. The van der Waals surface area contributed by atoms with E-state index in [1.165, 1.54) is 19.2 Å². The fourth-order valence-electron chi connectivity index (χ4n) is 1.70. The molecule has 0 aliphatic carbocycles. The lowest BCUT2D eigenvalue weighted by Crippen LogP contribution is -2.17. The summed E-state index contributed by atoms with van der Waals surface area (Å²) in [6.07, 6.45) is 0. The Bertz CT molecular complexity index is 651. The van der Waals surface area contributed by atoms with E-state index in [9.17, 15) is 4.79 Å². The van der Waals surface area contributed by atoms with Gasteiger partial charge in [0.2, 0.25) is 0 Å². The van der Waals surface area contributed by atoms with Crippen LogP contribution in [0.4, 0.5) is 11.5 Å². The highest BCUT2D eigenvalue weighted by atomic mass is 35.5. The number of carbonyl (C=O) groups is 1. The minimum absolute atomic E-state index is 0.247. The molecular formula is C12H13ClN4O2. The van der Waals surface area contributed by atoms with Crippen LogP contribution in [0.15, 0.2) is 18.2 Å². The number of anilines is 2. The average Bonchev–Trinajstić information content (AvgIpc) is 2.70. The molecule has 0 amide bonds. The van der Waals surface area contributed by atoms with Crippen LogP contribution in [-0.2, 0) is 0 Å². The molecule has 1 aromatic heterocycles. The van der Waals surface area contributed by atoms with E-state index in [0.29, 0.717) is 17.1 Å². The first kappa shape index (κ1) is 13.2. The molecule has 0 radical (unpaired) electrons. The molecule has 1 aromatic carbocycles. The molecule has 0 atom stereocenters. The molecule has 0 unspecified atom stereocenters. The Labute approximate surface area is 114 Å². The molecule has 2 rings (SSSR count). The molecule has 0 aliphatic heterocycles. The minimum atomic E-state index is -0.427. The molecule has 0 saturated heterocycles. The van der Waals surface area contributed by atoms with Crippen molar-refractivity contribution >= 4 is 29.0 Å². The van der Waals surface area contributed by atoms with E-state index >= 15 is 0 Å². The van der Waals surface area contributed by atoms with Crippen molar-refractivity contribution in [1.82, 2.24) is 9.78 Å². The van der Waals surface area contributed by atoms with Crippen LogP contribution in [0.5, 0.6) is 5.75 Å². The molecule has 19 heavy (non-hydrogen) atoms. The summed E-state index contributed by atoms with van der Waals surface area (Å²) in [5.41, 5.74) is 12.6. The summed E-state index contributed by atoms with van der Waals surface area (Å²) in [5, 5.41) is 4.30. The third-order valence-electron chi connectivity index (χ3n) is 2.60. The van der Waals surface area contributed by atoms with E-state index in [4.69, 9.17) is 27.8 Å². The minimum Gasteiger partial charge on any atom is -0.496 e. The number of nitrogens with two attached hydrogens (primary N) is 2. The molecule has 2 aromatic rings. The summed E-state index contributed by atoms with van der Waals surface area (Å²) in [6.45, 7) is 1.74. The van der Waals surface area contributed by atoms with Crippen LogP contribution < -0.4 is 16.2 Å². The quantitative estimate of drug-likeness (QED) is 0.816. The van der Waals surface area contributed by atoms with Crippen LogP contribution in [-0.4, -0.2) is 22.8 Å². The zero-order chi connectivity index (χ0) is 14.2. The summed E-state index contributed by atoms with van der Waals surface area (Å²) in [6, 6.07) is 4.53. The summed E-state index contributed by atoms with van der Waals surface area (Å²) < 4.78 is 6.23. The van der Waals surface area contributed by atoms with Crippen molar-refractivity contribution < 1.29 is 9.53 Å². The maximum Gasteiger partial charge on any atom is 0.283 e. The average molecular weight is 281 g/mol. The van der Waals surface area contributed by atoms with Crippen LogP contribution in [0.2, 0.25) is 5.02 Å². The number of aryl methyl sites for hydroxylation is 1. The van der Waals surface area contributed by atoms with Gasteiger partial charge < -0.3 is 16.2 Å². The Hall–Kier alpha value is -2.21. The molecule has 4 N–H and O–H groups in total. The van der Waals surface area contributed by atoms with Gasteiger partial charge in [-0.05, 0) is 13.0 Å². The van der Waals surface area contributed by atoms with Gasteiger partial charge >= 0.3 is 0 Å². The van der Waals surface area contributed by atoms with Crippen molar-refractivity contribution in [2.75, 3.05) is 18.6 Å². The number of rotatable bonds is 2. The maximum atomic E-state index is 12.4. The molecule has 0 fully saturated rings. The van der Waals surface area contributed by atoms with E-state index in [1.54, 1.807) is 13.0 Å². The van der Waals surface area contributed by atoms with E-state index < -0.39 is 5.91 Å². The fourth-order valence-corrected chi connectivity index (χ4v) is 1.87. The van der Waals surface area contributed by atoms with Gasteiger partial charge in [0.25, 0.3) is 5.91 Å². The standard InChI is InChI=1S/C12H13ClN4O2/c1-6-3-11(15)17(16-6)12(18)7-4-8(13)9(14)5-10(7)19-2/h3-5H,14-15H2,1-2H3. The lowest BCUT2D eigenvalue weighted by atomic mass is 10.1. The molecular weight excluding hydrogens is 268 g/mol. The van der Waals surface area contributed by atoms with Crippen LogP contribution in [0.25, 0.3) is 0 Å². The molecule has 7 heteroatoms. The third-order valence-corrected chi connectivity index (χ3v) is 2.93. The Kier molecular flexibility index (Phi) is 3.35. The van der Waals surface area contributed by atoms with Crippen molar-refractivity contribution in [2.24, 2.45) is 0 Å². The van der Waals surface area contributed by atoms with Gasteiger partial charge in [-0.25, -0.2) is 0 Å². The third kappa shape index (κ3) is 2.34. The molecule has 0 spiro atoms. The molecule has 6 nitrogen and oxygen atoms in total. The summed E-state index contributed by atoms with van der Waals surface area (Å²) >= 11 is 5.93.